The summed E-state index contributed by atoms with van der Waals surface area (Å²) >= 11 is 0. The van der Waals surface area contributed by atoms with E-state index in [0.717, 1.165) is 57.8 Å². The molecule has 10 heteroatoms. The molecule has 0 spiro atoms. The van der Waals surface area contributed by atoms with E-state index in [-0.39, 0.29) is 38.6 Å². The Morgan fingerprint density at radius 2 is 0.679 bits per heavy atom. The number of hydrogen-bond acceptors (Lipinski definition) is 8. The van der Waals surface area contributed by atoms with Gasteiger partial charge in [0.25, 0.3) is 0 Å². The Balaban J connectivity index is 3.78. The van der Waals surface area contributed by atoms with Crippen molar-refractivity contribution in [2.45, 2.75) is 354 Å². The molecule has 81 heavy (non-hydrogen) atoms. The number of phosphoric ester groups is 1. The lowest BCUT2D eigenvalue weighted by Gasteiger charge is -2.19. The number of rotatable bonds is 66. The van der Waals surface area contributed by atoms with E-state index in [1.807, 2.05) is 0 Å². The molecule has 474 valence electrons. The molecular formula is C71H132NO8P. The van der Waals surface area contributed by atoms with Crippen molar-refractivity contribution < 1.29 is 37.6 Å². The molecule has 0 aliphatic heterocycles. The van der Waals surface area contributed by atoms with Crippen molar-refractivity contribution in [3.63, 3.8) is 0 Å². The maximum atomic E-state index is 12.8. The zero-order valence-electron chi connectivity index (χ0n) is 53.3. The van der Waals surface area contributed by atoms with Gasteiger partial charge in [0.2, 0.25) is 0 Å². The number of carbonyl (C=O) groups is 2. The summed E-state index contributed by atoms with van der Waals surface area (Å²) in [5.74, 6) is -0.812. The number of hydrogen-bond donors (Lipinski definition) is 2. The molecule has 0 heterocycles. The van der Waals surface area contributed by atoms with Gasteiger partial charge in [0.05, 0.1) is 13.2 Å². The minimum absolute atomic E-state index is 0.0546. The molecule has 0 fully saturated rings. The van der Waals surface area contributed by atoms with Gasteiger partial charge < -0.3 is 20.1 Å². The minimum Gasteiger partial charge on any atom is -0.462 e. The van der Waals surface area contributed by atoms with Gasteiger partial charge in [0.15, 0.2) is 6.10 Å². The van der Waals surface area contributed by atoms with E-state index < -0.39 is 26.5 Å². The summed E-state index contributed by atoms with van der Waals surface area (Å²) in [5, 5.41) is 0. The lowest BCUT2D eigenvalue weighted by molar-refractivity contribution is -0.161. The fraction of sp³-hybridized carbons (Fsp3) is 0.831. The summed E-state index contributed by atoms with van der Waals surface area (Å²) in [6.07, 6.45) is 86.1. The molecule has 0 saturated carbocycles. The third kappa shape index (κ3) is 66.7. The zero-order valence-corrected chi connectivity index (χ0v) is 54.2. The van der Waals surface area contributed by atoms with Crippen LogP contribution in [0.1, 0.15) is 348 Å². The van der Waals surface area contributed by atoms with Gasteiger partial charge in [-0.3, -0.25) is 18.6 Å². The predicted molar refractivity (Wildman–Crippen MR) is 349 cm³/mol. The Morgan fingerprint density at radius 1 is 0.383 bits per heavy atom. The molecule has 0 aliphatic carbocycles. The van der Waals surface area contributed by atoms with E-state index in [1.54, 1.807) is 0 Å². The number of unbranched alkanes of at least 4 members (excludes halogenated alkanes) is 43. The number of carbonyl (C=O) groups excluding carboxylic acids is 2. The van der Waals surface area contributed by atoms with E-state index in [1.165, 1.54) is 257 Å². The second-order valence-corrected chi connectivity index (χ2v) is 24.8. The SMILES string of the molecule is CC/C=C\C/C=C\C/C=C\C/C=C\CCCCCCCCCCCCCCCCCCCCCCCCCCCCC(=O)OC(COC(=O)CCCCCCCCCCC/C=C\CCCCCCCCCC)COP(=O)(O)OCCN. The van der Waals surface area contributed by atoms with Gasteiger partial charge in [-0.2, -0.15) is 0 Å². The van der Waals surface area contributed by atoms with Crippen molar-refractivity contribution in [1.82, 2.24) is 0 Å². The summed E-state index contributed by atoms with van der Waals surface area (Å²) in [6.45, 7) is 3.69. The molecular weight excluding hydrogens is 1030 g/mol. The number of ether oxygens (including phenoxy) is 2. The molecule has 0 bridgehead atoms. The second kappa shape index (κ2) is 66.8. The first-order chi connectivity index (χ1) is 39.8. The van der Waals surface area contributed by atoms with Gasteiger partial charge >= 0.3 is 19.8 Å². The van der Waals surface area contributed by atoms with Crippen molar-refractivity contribution in [1.29, 1.82) is 0 Å². The third-order valence-electron chi connectivity index (χ3n) is 15.4. The zero-order chi connectivity index (χ0) is 58.7. The normalized spacial score (nSPS) is 13.3. The molecule has 0 aromatic carbocycles. The molecule has 0 aromatic heterocycles. The number of phosphoric acid groups is 1. The highest BCUT2D eigenvalue weighted by molar-refractivity contribution is 7.47. The molecule has 0 aliphatic rings. The Labute approximate surface area is 501 Å². The van der Waals surface area contributed by atoms with Crippen molar-refractivity contribution in [3.05, 3.63) is 60.8 Å². The lowest BCUT2D eigenvalue weighted by atomic mass is 10.0. The summed E-state index contributed by atoms with van der Waals surface area (Å²) in [4.78, 5) is 35.3. The molecule has 0 saturated heterocycles. The van der Waals surface area contributed by atoms with Crippen LogP contribution in [0.4, 0.5) is 0 Å². The van der Waals surface area contributed by atoms with Gasteiger partial charge in [-0.05, 0) is 77.0 Å². The smallest absolute Gasteiger partial charge is 0.462 e. The Bertz CT molecular complexity index is 1510. The van der Waals surface area contributed by atoms with Gasteiger partial charge in [0.1, 0.15) is 6.61 Å². The predicted octanol–water partition coefficient (Wildman–Crippen LogP) is 22.6. The van der Waals surface area contributed by atoms with E-state index in [9.17, 15) is 19.0 Å². The quantitative estimate of drug-likeness (QED) is 0.0264. The van der Waals surface area contributed by atoms with E-state index in [2.05, 4.69) is 74.6 Å². The first-order valence-electron chi connectivity index (χ1n) is 34.8. The monoisotopic (exact) mass is 1160 g/mol. The van der Waals surface area contributed by atoms with Crippen molar-refractivity contribution in [3.8, 4) is 0 Å². The van der Waals surface area contributed by atoms with Gasteiger partial charge in [-0.1, -0.05) is 319 Å². The summed E-state index contributed by atoms with van der Waals surface area (Å²) in [7, 11) is -4.39. The van der Waals surface area contributed by atoms with Crippen molar-refractivity contribution >= 4 is 19.8 Å². The minimum atomic E-state index is -4.39. The molecule has 0 amide bonds. The number of allylic oxidation sites excluding steroid dienone is 10. The van der Waals surface area contributed by atoms with Crippen molar-refractivity contribution in [2.24, 2.45) is 5.73 Å². The highest BCUT2D eigenvalue weighted by atomic mass is 31.2. The van der Waals surface area contributed by atoms with Gasteiger partial charge in [-0.25, -0.2) is 4.57 Å². The van der Waals surface area contributed by atoms with Crippen LogP contribution in [0, 0.1) is 0 Å². The fourth-order valence-electron chi connectivity index (χ4n) is 10.3. The van der Waals surface area contributed by atoms with Crippen LogP contribution in [0.2, 0.25) is 0 Å². The van der Waals surface area contributed by atoms with Crippen LogP contribution in [-0.2, 0) is 32.7 Å². The van der Waals surface area contributed by atoms with Crippen LogP contribution in [0.5, 0.6) is 0 Å². The lowest BCUT2D eigenvalue weighted by Crippen LogP contribution is -2.29. The maximum absolute atomic E-state index is 12.8. The average Bonchev–Trinajstić information content (AvgIpc) is 3.46. The molecule has 0 radical (unpaired) electrons. The molecule has 2 atom stereocenters. The standard InChI is InChI=1S/C71H132NO8P/c1-3-5-7-9-11-13-15-17-19-21-23-25-26-27-28-29-30-31-32-33-34-35-36-37-38-39-40-41-42-44-46-48-50-52-54-56-58-60-62-64-71(74)80-69(68-79-81(75,76)78-66-65-72)67-77-70(73)63-61-59-57-55-53-51-49-47-45-43-24-22-20-18-16-14-12-10-8-6-4-2/h5,7,11,13,17,19,22-25,69H,3-4,6,8-10,12,14-16,18,20-21,26-68,72H2,1-2H3,(H,75,76)/b7-5-,13-11-,19-17-,24-22-,25-23-. The van der Waals surface area contributed by atoms with Crippen LogP contribution in [0.3, 0.4) is 0 Å². The molecule has 0 rings (SSSR count). The van der Waals surface area contributed by atoms with E-state index in [4.69, 9.17) is 24.3 Å². The summed E-state index contributed by atoms with van der Waals surface area (Å²) in [6, 6.07) is 0. The van der Waals surface area contributed by atoms with E-state index in [0.29, 0.717) is 6.42 Å². The first kappa shape index (κ1) is 78.7. The molecule has 0 aromatic rings. The highest BCUT2D eigenvalue weighted by Crippen LogP contribution is 2.43. The van der Waals surface area contributed by atoms with Crippen LogP contribution < -0.4 is 5.73 Å². The first-order valence-corrected chi connectivity index (χ1v) is 36.3. The maximum Gasteiger partial charge on any atom is 0.472 e. The van der Waals surface area contributed by atoms with Crippen LogP contribution >= 0.6 is 7.82 Å². The van der Waals surface area contributed by atoms with Gasteiger partial charge in [0, 0.05) is 19.4 Å². The molecule has 3 N–H and O–H groups in total. The topological polar surface area (TPSA) is 134 Å². The largest absolute Gasteiger partial charge is 0.472 e. The second-order valence-electron chi connectivity index (χ2n) is 23.4. The molecule has 2 unspecified atom stereocenters. The Kier molecular flexibility index (Phi) is 65.0. The van der Waals surface area contributed by atoms with Gasteiger partial charge in [-0.15, -0.1) is 0 Å². The molecule has 9 nitrogen and oxygen atoms in total. The number of esters is 2. The average molecular weight is 1160 g/mol. The Hall–Kier alpha value is -2.29. The Morgan fingerprint density at radius 3 is 1.02 bits per heavy atom. The number of nitrogens with two attached hydrogens (primary N) is 1. The van der Waals surface area contributed by atoms with Crippen LogP contribution in [0.15, 0.2) is 60.8 Å². The van der Waals surface area contributed by atoms with E-state index >= 15 is 0 Å². The fourth-order valence-corrected chi connectivity index (χ4v) is 11.0. The highest BCUT2D eigenvalue weighted by Gasteiger charge is 2.26. The third-order valence-corrected chi connectivity index (χ3v) is 16.4. The summed E-state index contributed by atoms with van der Waals surface area (Å²) in [5.41, 5.74) is 5.40. The van der Waals surface area contributed by atoms with Crippen LogP contribution in [-0.4, -0.2) is 49.3 Å². The van der Waals surface area contributed by atoms with Crippen molar-refractivity contribution in [2.75, 3.05) is 26.4 Å². The van der Waals surface area contributed by atoms with Crippen LogP contribution in [0.25, 0.3) is 0 Å². The summed E-state index contributed by atoms with van der Waals surface area (Å²) < 4.78 is 33.2.